The van der Waals surface area contributed by atoms with Crippen molar-refractivity contribution in [3.63, 3.8) is 0 Å². The molecule has 2 aromatic carbocycles. The molecule has 0 radical (unpaired) electrons. The lowest BCUT2D eigenvalue weighted by Crippen LogP contribution is -2.38. The van der Waals surface area contributed by atoms with Crippen LogP contribution in [0.2, 0.25) is 0 Å². The first-order chi connectivity index (χ1) is 14.6. The second-order valence-electron chi connectivity index (χ2n) is 6.73. The summed E-state index contributed by atoms with van der Waals surface area (Å²) in [5.41, 5.74) is 2.98. The number of amides is 1. The molecule has 1 aliphatic heterocycles. The fourth-order valence-corrected chi connectivity index (χ4v) is 3.87. The molecule has 1 N–H and O–H groups in total. The molecule has 1 amide bonds. The van der Waals surface area contributed by atoms with Gasteiger partial charge in [-0.05, 0) is 48.9 Å². The summed E-state index contributed by atoms with van der Waals surface area (Å²) in [6.45, 7) is 1.89. The Hall–Kier alpha value is -3.32. The van der Waals surface area contributed by atoms with Crippen molar-refractivity contribution in [3.05, 3.63) is 84.3 Å². The molecule has 0 saturated heterocycles. The number of carbonyl (C=O) groups excluding carboxylic acids is 1. The first-order valence-corrected chi connectivity index (χ1v) is 10.4. The van der Waals surface area contributed by atoms with Crippen LogP contribution < -0.4 is 5.32 Å². The molecule has 4 rings (SSSR count). The van der Waals surface area contributed by atoms with Crippen LogP contribution in [-0.4, -0.2) is 28.2 Å². The standard InChI is InChI=1S/C23H19FN4OS/c1-15-22(16-9-11-17(24)12-10-16)23(27-19-7-3-2-6-18(19)26-15)28-20(29)14-30-21-8-4-5-13-25-21/h2-13,22H,14H2,1H3,(H,27,28,29)/t22-/m0/s1. The van der Waals surface area contributed by atoms with E-state index >= 15 is 0 Å². The Morgan fingerprint density at radius 3 is 2.40 bits per heavy atom. The number of thioether (sulfide) groups is 1. The van der Waals surface area contributed by atoms with Gasteiger partial charge in [-0.2, -0.15) is 0 Å². The molecule has 2 heterocycles. The van der Waals surface area contributed by atoms with Crippen molar-refractivity contribution in [1.29, 1.82) is 0 Å². The first-order valence-electron chi connectivity index (χ1n) is 9.42. The van der Waals surface area contributed by atoms with Gasteiger partial charge in [-0.1, -0.05) is 42.1 Å². The Bertz CT molecular complexity index is 1110. The summed E-state index contributed by atoms with van der Waals surface area (Å²) in [6, 6.07) is 19.3. The highest BCUT2D eigenvalue weighted by atomic mass is 32.2. The Labute approximate surface area is 178 Å². The minimum Gasteiger partial charge on any atom is -0.313 e. The third-order valence-electron chi connectivity index (χ3n) is 4.57. The number of hydrogen-bond acceptors (Lipinski definition) is 5. The van der Waals surface area contributed by atoms with E-state index in [0.29, 0.717) is 11.5 Å². The van der Waals surface area contributed by atoms with Crippen molar-refractivity contribution in [3.8, 4) is 0 Å². The SMILES string of the molecule is CC1=Nc2ccccc2N=C(NC(=O)CSc2ccccn2)[C@@H]1c1ccc(F)cc1. The Morgan fingerprint density at radius 2 is 1.70 bits per heavy atom. The average molecular weight is 418 g/mol. The van der Waals surface area contributed by atoms with Crippen molar-refractivity contribution in [2.75, 3.05) is 5.75 Å². The van der Waals surface area contributed by atoms with Crippen LogP contribution in [0.5, 0.6) is 0 Å². The van der Waals surface area contributed by atoms with E-state index in [1.54, 1.807) is 18.3 Å². The Balaban J connectivity index is 1.64. The van der Waals surface area contributed by atoms with Gasteiger partial charge in [0.2, 0.25) is 5.91 Å². The predicted octanol–water partition coefficient (Wildman–Crippen LogP) is 5.05. The second-order valence-corrected chi connectivity index (χ2v) is 7.72. The maximum absolute atomic E-state index is 13.5. The highest BCUT2D eigenvalue weighted by molar-refractivity contribution is 7.99. The molecule has 0 saturated carbocycles. The average Bonchev–Trinajstić information content (AvgIpc) is 2.89. The summed E-state index contributed by atoms with van der Waals surface area (Å²) in [7, 11) is 0. The maximum atomic E-state index is 13.5. The normalized spacial score (nSPS) is 15.5. The summed E-state index contributed by atoms with van der Waals surface area (Å²) in [5, 5.41) is 3.72. The van der Waals surface area contributed by atoms with Gasteiger partial charge in [-0.15, -0.1) is 0 Å². The highest BCUT2D eigenvalue weighted by Gasteiger charge is 2.26. The van der Waals surface area contributed by atoms with Crippen LogP contribution in [-0.2, 0) is 4.79 Å². The molecular weight excluding hydrogens is 399 g/mol. The van der Waals surface area contributed by atoms with Crippen LogP contribution in [0.15, 0.2) is 87.9 Å². The largest absolute Gasteiger partial charge is 0.313 e. The lowest BCUT2D eigenvalue weighted by atomic mass is 9.93. The van der Waals surface area contributed by atoms with Crippen LogP contribution >= 0.6 is 11.8 Å². The van der Waals surface area contributed by atoms with E-state index in [2.05, 4.69) is 10.3 Å². The van der Waals surface area contributed by atoms with Crippen LogP contribution in [0, 0.1) is 5.82 Å². The number of nitrogens with one attached hydrogen (secondary N) is 1. The van der Waals surface area contributed by atoms with E-state index in [4.69, 9.17) is 9.98 Å². The zero-order valence-corrected chi connectivity index (χ0v) is 17.1. The number of fused-ring (bicyclic) bond motifs is 1. The molecular formula is C23H19FN4OS. The van der Waals surface area contributed by atoms with Gasteiger partial charge in [0.1, 0.15) is 11.7 Å². The minimum absolute atomic E-state index is 0.191. The van der Waals surface area contributed by atoms with Crippen LogP contribution in [0.1, 0.15) is 18.4 Å². The van der Waals surface area contributed by atoms with E-state index in [0.717, 1.165) is 22.0 Å². The molecule has 1 aliphatic rings. The lowest BCUT2D eigenvalue weighted by molar-refractivity contribution is -0.117. The number of para-hydroxylation sites is 2. The van der Waals surface area contributed by atoms with E-state index in [1.807, 2.05) is 49.4 Å². The molecule has 3 aromatic rings. The second kappa shape index (κ2) is 9.00. The van der Waals surface area contributed by atoms with Crippen LogP contribution in [0.4, 0.5) is 15.8 Å². The zero-order chi connectivity index (χ0) is 20.9. The van der Waals surface area contributed by atoms with Gasteiger partial charge in [-0.3, -0.25) is 9.79 Å². The number of aromatic nitrogens is 1. The number of pyridine rings is 1. The van der Waals surface area contributed by atoms with Gasteiger partial charge < -0.3 is 5.32 Å². The van der Waals surface area contributed by atoms with E-state index < -0.39 is 0 Å². The van der Waals surface area contributed by atoms with Crippen molar-refractivity contribution >= 4 is 40.6 Å². The Kier molecular flexibility index (Phi) is 5.99. The molecule has 1 aromatic heterocycles. The van der Waals surface area contributed by atoms with Gasteiger partial charge in [0, 0.05) is 11.9 Å². The van der Waals surface area contributed by atoms with Crippen molar-refractivity contribution < 1.29 is 9.18 Å². The molecule has 1 atom stereocenters. The van der Waals surface area contributed by atoms with Crippen LogP contribution in [0.3, 0.4) is 0 Å². The fraction of sp³-hybridized carbons (Fsp3) is 0.130. The van der Waals surface area contributed by atoms with Gasteiger partial charge >= 0.3 is 0 Å². The minimum atomic E-state index is -0.387. The number of halogens is 1. The highest BCUT2D eigenvalue weighted by Crippen LogP contribution is 2.34. The molecule has 0 fully saturated rings. The molecule has 0 spiro atoms. The zero-order valence-electron chi connectivity index (χ0n) is 16.2. The van der Waals surface area contributed by atoms with E-state index in [1.165, 1.54) is 23.9 Å². The number of nitrogens with zero attached hydrogens (tertiary/aromatic N) is 3. The number of rotatable bonds is 4. The van der Waals surface area contributed by atoms with Crippen LogP contribution in [0.25, 0.3) is 0 Å². The summed E-state index contributed by atoms with van der Waals surface area (Å²) >= 11 is 1.35. The van der Waals surface area contributed by atoms with Crippen molar-refractivity contribution in [1.82, 2.24) is 10.3 Å². The fourth-order valence-electron chi connectivity index (χ4n) is 3.21. The molecule has 7 heteroatoms. The van der Waals surface area contributed by atoms with Gasteiger partial charge in [-0.25, -0.2) is 14.4 Å². The summed E-state index contributed by atoms with van der Waals surface area (Å²) in [5.74, 6) is -0.228. The number of carbonyl (C=O) groups is 1. The molecule has 0 unspecified atom stereocenters. The number of benzene rings is 2. The quantitative estimate of drug-likeness (QED) is 0.603. The molecule has 30 heavy (non-hydrogen) atoms. The third-order valence-corrected chi connectivity index (χ3v) is 5.51. The lowest BCUT2D eigenvalue weighted by Gasteiger charge is -2.19. The summed E-state index contributed by atoms with van der Waals surface area (Å²) in [4.78, 5) is 26.4. The maximum Gasteiger partial charge on any atom is 0.235 e. The predicted molar refractivity (Wildman–Crippen MR) is 119 cm³/mol. The number of hydrogen-bond donors (Lipinski definition) is 1. The number of aliphatic imine (C=N–C) groups is 2. The third kappa shape index (κ3) is 4.63. The van der Waals surface area contributed by atoms with Crippen molar-refractivity contribution in [2.24, 2.45) is 9.98 Å². The Morgan fingerprint density at radius 1 is 1.00 bits per heavy atom. The number of amidine groups is 1. The molecule has 5 nitrogen and oxygen atoms in total. The first kappa shape index (κ1) is 20.0. The smallest absolute Gasteiger partial charge is 0.235 e. The molecule has 0 bridgehead atoms. The van der Waals surface area contributed by atoms with E-state index in [9.17, 15) is 9.18 Å². The van der Waals surface area contributed by atoms with Gasteiger partial charge in [0.05, 0.1) is 28.1 Å². The molecule has 0 aliphatic carbocycles. The van der Waals surface area contributed by atoms with Crippen molar-refractivity contribution in [2.45, 2.75) is 17.9 Å². The molecule has 150 valence electrons. The topological polar surface area (TPSA) is 66.7 Å². The summed E-state index contributed by atoms with van der Waals surface area (Å²) in [6.07, 6.45) is 1.69. The monoisotopic (exact) mass is 418 g/mol. The summed E-state index contributed by atoms with van der Waals surface area (Å²) < 4.78 is 13.5. The van der Waals surface area contributed by atoms with E-state index in [-0.39, 0.29) is 23.4 Å². The van der Waals surface area contributed by atoms with Gasteiger partial charge in [0.25, 0.3) is 0 Å². The van der Waals surface area contributed by atoms with Gasteiger partial charge in [0.15, 0.2) is 0 Å².